The van der Waals surface area contributed by atoms with E-state index >= 15 is 0 Å². The minimum Gasteiger partial charge on any atom is -0.382 e. The number of nitrogens with zero attached hydrogens (tertiary/aromatic N) is 2. The van der Waals surface area contributed by atoms with E-state index in [1.54, 1.807) is 0 Å². The number of nitrogens with one attached hydrogen (secondary N) is 1. The summed E-state index contributed by atoms with van der Waals surface area (Å²) >= 11 is 0. The van der Waals surface area contributed by atoms with Gasteiger partial charge in [0.05, 0.1) is 11.4 Å². The van der Waals surface area contributed by atoms with Gasteiger partial charge in [0.25, 0.3) is 0 Å². The summed E-state index contributed by atoms with van der Waals surface area (Å²) in [6.07, 6.45) is 0. The topological polar surface area (TPSA) is 59.6 Å². The van der Waals surface area contributed by atoms with E-state index in [-0.39, 0.29) is 0 Å². The lowest BCUT2D eigenvalue weighted by atomic mass is 10.1. The van der Waals surface area contributed by atoms with E-state index in [1.165, 1.54) is 16.5 Å². The molecule has 86 valence electrons. The highest BCUT2D eigenvalue weighted by Gasteiger charge is 2.10. The molecule has 0 saturated carbocycles. The largest absolute Gasteiger partial charge is 0.382 e. The molecule has 0 saturated heterocycles. The molecule has 0 aliphatic rings. The van der Waals surface area contributed by atoms with Gasteiger partial charge in [0, 0.05) is 24.0 Å². The van der Waals surface area contributed by atoms with Crippen LogP contribution in [0.15, 0.2) is 30.3 Å². The van der Waals surface area contributed by atoms with Crippen molar-refractivity contribution in [2.45, 2.75) is 6.92 Å². The van der Waals surface area contributed by atoms with E-state index in [2.05, 4.69) is 46.0 Å². The van der Waals surface area contributed by atoms with Gasteiger partial charge < -0.3 is 10.3 Å². The van der Waals surface area contributed by atoms with E-state index in [4.69, 9.17) is 5.73 Å². The average molecular weight is 226 g/mol. The lowest BCUT2D eigenvalue weighted by Crippen LogP contribution is -1.91. The van der Waals surface area contributed by atoms with Crippen molar-refractivity contribution >= 4 is 16.7 Å². The number of aromatic nitrogens is 3. The molecule has 0 spiro atoms. The van der Waals surface area contributed by atoms with Crippen molar-refractivity contribution in [3.8, 4) is 11.4 Å². The van der Waals surface area contributed by atoms with Crippen LogP contribution in [0, 0.1) is 6.92 Å². The van der Waals surface area contributed by atoms with Crippen LogP contribution in [0.2, 0.25) is 0 Å². The molecule has 17 heavy (non-hydrogen) atoms. The molecule has 2 aromatic heterocycles. The fraction of sp³-hybridized carbons (Fsp3) is 0.154. The quantitative estimate of drug-likeness (QED) is 0.669. The van der Waals surface area contributed by atoms with Gasteiger partial charge in [-0.2, -0.15) is 5.10 Å². The normalized spacial score (nSPS) is 11.2. The molecule has 3 aromatic rings. The molecule has 0 aliphatic carbocycles. The minimum atomic E-state index is 0.516. The van der Waals surface area contributed by atoms with E-state index < -0.39 is 0 Å². The number of nitrogens with two attached hydrogens (primary N) is 1. The van der Waals surface area contributed by atoms with Crippen LogP contribution >= 0.6 is 0 Å². The molecule has 3 N–H and O–H groups in total. The molecule has 0 amide bonds. The van der Waals surface area contributed by atoms with Gasteiger partial charge in [-0.05, 0) is 24.6 Å². The summed E-state index contributed by atoms with van der Waals surface area (Å²) in [6.45, 7) is 2.12. The van der Waals surface area contributed by atoms with Gasteiger partial charge in [-0.15, -0.1) is 0 Å². The van der Waals surface area contributed by atoms with Crippen molar-refractivity contribution < 1.29 is 0 Å². The molecule has 0 radical (unpaired) electrons. The lowest BCUT2D eigenvalue weighted by Gasteiger charge is -2.01. The van der Waals surface area contributed by atoms with Gasteiger partial charge in [-0.3, -0.25) is 5.10 Å². The van der Waals surface area contributed by atoms with E-state index in [0.717, 1.165) is 11.4 Å². The molecule has 4 heteroatoms. The van der Waals surface area contributed by atoms with Crippen molar-refractivity contribution in [1.82, 2.24) is 14.8 Å². The molecule has 0 atom stereocenters. The molecule has 0 unspecified atom stereocenters. The third-order valence-electron chi connectivity index (χ3n) is 3.18. The highest BCUT2D eigenvalue weighted by molar-refractivity contribution is 5.89. The first-order valence-corrected chi connectivity index (χ1v) is 5.53. The third-order valence-corrected chi connectivity index (χ3v) is 3.18. The Morgan fingerprint density at radius 2 is 2.12 bits per heavy atom. The Hall–Kier alpha value is -2.23. The molecule has 2 heterocycles. The van der Waals surface area contributed by atoms with Gasteiger partial charge >= 0.3 is 0 Å². The van der Waals surface area contributed by atoms with E-state index in [0.29, 0.717) is 5.82 Å². The summed E-state index contributed by atoms with van der Waals surface area (Å²) in [6, 6.07) is 10.3. The second-order valence-electron chi connectivity index (χ2n) is 4.30. The summed E-state index contributed by atoms with van der Waals surface area (Å²) in [5.41, 5.74) is 10.2. The summed E-state index contributed by atoms with van der Waals surface area (Å²) in [4.78, 5) is 0. The monoisotopic (exact) mass is 226 g/mol. The zero-order chi connectivity index (χ0) is 12.0. The van der Waals surface area contributed by atoms with Crippen molar-refractivity contribution in [3.05, 3.63) is 35.9 Å². The Balaban J connectivity index is 2.31. The highest BCUT2D eigenvalue weighted by Crippen LogP contribution is 2.28. The number of aryl methyl sites for hydroxylation is 2. The number of rotatable bonds is 1. The second kappa shape index (κ2) is 3.38. The van der Waals surface area contributed by atoms with Crippen LogP contribution in [0.5, 0.6) is 0 Å². The van der Waals surface area contributed by atoms with Gasteiger partial charge in [-0.1, -0.05) is 12.1 Å². The Bertz CT molecular complexity index is 691. The molecule has 1 aromatic carbocycles. The highest BCUT2D eigenvalue weighted by atomic mass is 15.2. The zero-order valence-corrected chi connectivity index (χ0v) is 9.86. The molecule has 3 rings (SSSR count). The molecular weight excluding hydrogens is 212 g/mol. The fourth-order valence-corrected chi connectivity index (χ4v) is 2.24. The van der Waals surface area contributed by atoms with Crippen molar-refractivity contribution in [1.29, 1.82) is 0 Å². The Morgan fingerprint density at radius 3 is 2.76 bits per heavy atom. The summed E-state index contributed by atoms with van der Waals surface area (Å²) in [7, 11) is 2.05. The van der Waals surface area contributed by atoms with Crippen LogP contribution in [-0.4, -0.2) is 14.8 Å². The van der Waals surface area contributed by atoms with Gasteiger partial charge in [0.1, 0.15) is 5.82 Å². The van der Waals surface area contributed by atoms with Crippen molar-refractivity contribution in [3.63, 3.8) is 0 Å². The minimum absolute atomic E-state index is 0.516. The standard InChI is InChI=1S/C13H14N4/c1-8-4-3-5-11-9(8)6-12(17(11)2)10-7-13(14)16-15-10/h3-7H,1-2H3,(H3,14,15,16). The van der Waals surface area contributed by atoms with Crippen LogP contribution in [0.1, 0.15) is 5.56 Å². The lowest BCUT2D eigenvalue weighted by molar-refractivity contribution is 0.964. The SMILES string of the molecule is Cc1cccc2c1cc(-c1cc(N)n[nH]1)n2C. The number of H-pyrrole nitrogens is 1. The predicted octanol–water partition coefficient (Wildman–Crippen LogP) is 2.46. The maximum Gasteiger partial charge on any atom is 0.145 e. The van der Waals surface area contributed by atoms with Crippen molar-refractivity contribution in [2.75, 3.05) is 5.73 Å². The maximum atomic E-state index is 5.64. The van der Waals surface area contributed by atoms with E-state index in [9.17, 15) is 0 Å². The first kappa shape index (κ1) is 9.96. The number of nitrogen functional groups attached to an aromatic ring is 1. The van der Waals surface area contributed by atoms with Crippen LogP contribution < -0.4 is 5.73 Å². The Labute approximate surface area is 99.1 Å². The number of fused-ring (bicyclic) bond motifs is 1. The Morgan fingerprint density at radius 1 is 1.29 bits per heavy atom. The Kier molecular flexibility index (Phi) is 1.98. The molecule has 0 bridgehead atoms. The summed E-state index contributed by atoms with van der Waals surface area (Å²) in [5, 5.41) is 8.18. The predicted molar refractivity (Wildman–Crippen MR) is 69.7 cm³/mol. The van der Waals surface area contributed by atoms with Crippen molar-refractivity contribution in [2.24, 2.45) is 7.05 Å². The summed E-state index contributed by atoms with van der Waals surface area (Å²) < 4.78 is 2.15. The van der Waals surface area contributed by atoms with Gasteiger partial charge in [-0.25, -0.2) is 0 Å². The number of anilines is 1. The first-order valence-electron chi connectivity index (χ1n) is 5.53. The maximum absolute atomic E-state index is 5.64. The first-order chi connectivity index (χ1) is 8.16. The van der Waals surface area contributed by atoms with Gasteiger partial charge in [0.2, 0.25) is 0 Å². The summed E-state index contributed by atoms with van der Waals surface area (Å²) in [5.74, 6) is 0.516. The van der Waals surface area contributed by atoms with Crippen LogP contribution in [0.4, 0.5) is 5.82 Å². The number of hydrogen-bond acceptors (Lipinski definition) is 2. The fourth-order valence-electron chi connectivity index (χ4n) is 2.24. The average Bonchev–Trinajstić information content (AvgIpc) is 2.85. The van der Waals surface area contributed by atoms with Crippen LogP contribution in [0.3, 0.4) is 0 Å². The van der Waals surface area contributed by atoms with E-state index in [1.807, 2.05) is 13.1 Å². The van der Waals surface area contributed by atoms with Crippen LogP contribution in [-0.2, 0) is 7.05 Å². The number of benzene rings is 1. The molecular formula is C13H14N4. The molecule has 0 aliphatic heterocycles. The smallest absolute Gasteiger partial charge is 0.145 e. The zero-order valence-electron chi connectivity index (χ0n) is 9.86. The van der Waals surface area contributed by atoms with Crippen LogP contribution in [0.25, 0.3) is 22.3 Å². The molecule has 4 nitrogen and oxygen atoms in total. The number of hydrogen-bond donors (Lipinski definition) is 2. The third kappa shape index (κ3) is 1.41. The van der Waals surface area contributed by atoms with Gasteiger partial charge in [0.15, 0.2) is 0 Å². The molecule has 0 fully saturated rings. The number of aromatic amines is 1. The second-order valence-corrected chi connectivity index (χ2v) is 4.30.